The number of anilines is 3. The maximum absolute atomic E-state index is 14.0. The van der Waals surface area contributed by atoms with Gasteiger partial charge in [-0.05, 0) is 86.9 Å². The molecule has 0 spiro atoms. The highest BCUT2D eigenvalue weighted by molar-refractivity contribution is 6.06. The Balaban J connectivity index is 1.37. The van der Waals surface area contributed by atoms with Gasteiger partial charge in [-0.1, -0.05) is 18.2 Å². The number of fused-ring (bicyclic) bond motifs is 1. The summed E-state index contributed by atoms with van der Waals surface area (Å²) in [5.41, 5.74) is 2.25. The van der Waals surface area contributed by atoms with E-state index >= 15 is 0 Å². The number of nitrogens with zero attached hydrogens (tertiary/aromatic N) is 3. The van der Waals surface area contributed by atoms with Crippen LogP contribution in [0.25, 0.3) is 0 Å². The molecule has 1 fully saturated rings. The van der Waals surface area contributed by atoms with Gasteiger partial charge in [0, 0.05) is 32.1 Å². The zero-order valence-corrected chi connectivity index (χ0v) is 25.0. The van der Waals surface area contributed by atoms with Crippen molar-refractivity contribution >= 4 is 23.2 Å². The maximum Gasteiger partial charge on any atom is 0.419 e. The lowest BCUT2D eigenvalue weighted by Gasteiger charge is -2.33. The Bertz CT molecular complexity index is 1480. The number of amides is 1. The van der Waals surface area contributed by atoms with Crippen LogP contribution in [0.15, 0.2) is 42.6 Å². The van der Waals surface area contributed by atoms with Crippen molar-refractivity contribution < 1.29 is 27.4 Å². The molecule has 1 atom stereocenters. The van der Waals surface area contributed by atoms with Gasteiger partial charge in [0.25, 0.3) is 0 Å². The molecule has 0 bridgehead atoms. The Labute approximate surface area is 250 Å². The summed E-state index contributed by atoms with van der Waals surface area (Å²) in [5.74, 6) is 0.826. The van der Waals surface area contributed by atoms with Crippen molar-refractivity contribution in [1.29, 1.82) is 0 Å². The van der Waals surface area contributed by atoms with Gasteiger partial charge in [0.2, 0.25) is 11.9 Å². The summed E-state index contributed by atoms with van der Waals surface area (Å²) in [5, 5.41) is 5.94. The lowest BCUT2D eigenvalue weighted by atomic mass is 9.82. The van der Waals surface area contributed by atoms with Crippen molar-refractivity contribution in [1.82, 2.24) is 14.9 Å². The van der Waals surface area contributed by atoms with Gasteiger partial charge >= 0.3 is 6.18 Å². The molecule has 230 valence electrons. The zero-order valence-electron chi connectivity index (χ0n) is 25.0. The van der Waals surface area contributed by atoms with Gasteiger partial charge in [-0.2, -0.15) is 13.2 Å². The first-order chi connectivity index (χ1) is 20.5. The quantitative estimate of drug-likeness (QED) is 0.293. The van der Waals surface area contributed by atoms with Crippen LogP contribution in [0.2, 0.25) is 0 Å². The molecule has 3 heterocycles. The topological polar surface area (TPSA) is 88.6 Å². The van der Waals surface area contributed by atoms with Crippen molar-refractivity contribution in [2.75, 3.05) is 51.1 Å². The average Bonchev–Trinajstić information content (AvgIpc) is 3.22. The molecule has 0 radical (unpaired) electrons. The molecule has 1 amide bonds. The van der Waals surface area contributed by atoms with E-state index in [0.717, 1.165) is 55.4 Å². The van der Waals surface area contributed by atoms with Crippen LogP contribution < -0.4 is 15.4 Å². The lowest BCUT2D eigenvalue weighted by molar-refractivity contribution is -0.138. The van der Waals surface area contributed by atoms with Gasteiger partial charge in [0.15, 0.2) is 0 Å². The Hall–Kier alpha value is -3.70. The van der Waals surface area contributed by atoms with Crippen LogP contribution in [-0.4, -0.2) is 61.2 Å². The van der Waals surface area contributed by atoms with Crippen molar-refractivity contribution in [2.45, 2.75) is 57.0 Å². The Kier molecular flexibility index (Phi) is 8.94. The number of aryl methyl sites for hydroxylation is 2. The fraction of sp³-hybridized carbons (Fsp3) is 0.469. The van der Waals surface area contributed by atoms with Crippen LogP contribution in [0.4, 0.5) is 30.5 Å². The van der Waals surface area contributed by atoms with E-state index in [9.17, 15) is 18.0 Å². The molecule has 0 saturated carbocycles. The molecule has 3 aromatic rings. The summed E-state index contributed by atoms with van der Waals surface area (Å²) in [7, 11) is 3.27. The summed E-state index contributed by atoms with van der Waals surface area (Å²) in [4.78, 5) is 23.2. The molecule has 8 nitrogen and oxygen atoms in total. The van der Waals surface area contributed by atoms with Crippen molar-refractivity contribution in [2.24, 2.45) is 0 Å². The number of carbonyl (C=O) groups is 1. The number of aromatic nitrogens is 2. The number of nitrogens with one attached hydrogen (secondary N) is 2. The highest BCUT2D eigenvalue weighted by Crippen LogP contribution is 2.41. The van der Waals surface area contributed by atoms with Crippen LogP contribution in [0.3, 0.4) is 0 Å². The molecule has 1 saturated heterocycles. The molecular formula is C32H38F3N5O3. The SMILES string of the molecule is COCCN1CCCC(c2ccc(Nc3ncc(C(F)(F)F)c(CCc4cccc5c4C(C)(C)C(=O)N5)n3)c(OC)c2)C1. The minimum Gasteiger partial charge on any atom is -0.495 e. The van der Waals surface area contributed by atoms with E-state index in [1.54, 1.807) is 20.3 Å². The normalized spacial score (nSPS) is 18.3. The van der Waals surface area contributed by atoms with E-state index in [0.29, 0.717) is 29.6 Å². The van der Waals surface area contributed by atoms with Crippen LogP contribution >= 0.6 is 0 Å². The number of ether oxygens (including phenoxy) is 2. The molecule has 1 aromatic heterocycles. The predicted octanol–water partition coefficient (Wildman–Crippen LogP) is 6.09. The summed E-state index contributed by atoms with van der Waals surface area (Å²) >= 11 is 0. The second kappa shape index (κ2) is 12.5. The standard InChI is InChI=1S/C32H38F3N5O3/c1-31(2)28-20(7-5-9-26(28)37-29(31)41)10-12-24-23(32(33,34)35)18-36-30(38-24)39-25-13-11-21(17-27(25)43-4)22-8-6-14-40(19-22)15-16-42-3/h5,7,9,11,13,17-18,22H,6,8,10,12,14-16,19H2,1-4H3,(H,37,41)(H,36,38,39). The van der Waals surface area contributed by atoms with E-state index in [2.05, 4.69) is 25.5 Å². The molecule has 43 heavy (non-hydrogen) atoms. The molecule has 1 unspecified atom stereocenters. The molecule has 11 heteroatoms. The highest BCUT2D eigenvalue weighted by atomic mass is 19.4. The largest absolute Gasteiger partial charge is 0.495 e. The second-order valence-corrected chi connectivity index (χ2v) is 11.7. The molecule has 2 aliphatic heterocycles. The monoisotopic (exact) mass is 597 g/mol. The number of halogens is 3. The summed E-state index contributed by atoms with van der Waals surface area (Å²) in [6, 6.07) is 11.3. The minimum absolute atomic E-state index is 0.0179. The highest BCUT2D eigenvalue weighted by Gasteiger charge is 2.40. The van der Waals surface area contributed by atoms with Crippen LogP contribution in [0.1, 0.15) is 60.6 Å². The smallest absolute Gasteiger partial charge is 0.419 e. The van der Waals surface area contributed by atoms with E-state index in [4.69, 9.17) is 9.47 Å². The number of alkyl halides is 3. The molecule has 0 aliphatic carbocycles. The van der Waals surface area contributed by atoms with Crippen LogP contribution in [0.5, 0.6) is 5.75 Å². The van der Waals surface area contributed by atoms with Gasteiger partial charge in [-0.25, -0.2) is 9.97 Å². The Morgan fingerprint density at radius 1 is 1.16 bits per heavy atom. The number of hydrogen-bond acceptors (Lipinski definition) is 7. The van der Waals surface area contributed by atoms with Gasteiger partial charge in [0.1, 0.15) is 5.75 Å². The number of carbonyl (C=O) groups excluding carboxylic acids is 1. The van der Waals surface area contributed by atoms with Crippen molar-refractivity contribution in [3.8, 4) is 5.75 Å². The summed E-state index contributed by atoms with van der Waals surface area (Å²) in [6.45, 7) is 7.18. The Morgan fingerprint density at radius 3 is 2.72 bits per heavy atom. The van der Waals surface area contributed by atoms with Crippen LogP contribution in [0, 0.1) is 0 Å². The van der Waals surface area contributed by atoms with Crippen molar-refractivity contribution in [3.05, 3.63) is 70.5 Å². The number of hydrogen-bond donors (Lipinski definition) is 2. The fourth-order valence-corrected chi connectivity index (χ4v) is 6.14. The first-order valence-corrected chi connectivity index (χ1v) is 14.5. The third kappa shape index (κ3) is 6.62. The second-order valence-electron chi connectivity index (χ2n) is 11.7. The van der Waals surface area contributed by atoms with Crippen molar-refractivity contribution in [3.63, 3.8) is 0 Å². The molecule has 2 aliphatic rings. The van der Waals surface area contributed by atoms with Crippen LogP contribution in [-0.2, 0) is 34.0 Å². The van der Waals surface area contributed by atoms with Gasteiger partial charge in [-0.15, -0.1) is 0 Å². The third-order valence-corrected chi connectivity index (χ3v) is 8.46. The Morgan fingerprint density at radius 2 is 1.98 bits per heavy atom. The van der Waals surface area contributed by atoms with Gasteiger partial charge < -0.3 is 25.0 Å². The van der Waals surface area contributed by atoms with E-state index < -0.39 is 17.2 Å². The number of methoxy groups -OCH3 is 2. The number of benzene rings is 2. The third-order valence-electron chi connectivity index (χ3n) is 8.46. The molecule has 2 aromatic carbocycles. The van der Waals surface area contributed by atoms with E-state index in [-0.39, 0.29) is 30.4 Å². The van der Waals surface area contributed by atoms with Gasteiger partial charge in [-0.3, -0.25) is 4.79 Å². The predicted molar refractivity (Wildman–Crippen MR) is 159 cm³/mol. The summed E-state index contributed by atoms with van der Waals surface area (Å²) < 4.78 is 52.8. The number of piperidine rings is 1. The first kappa shape index (κ1) is 30.7. The molecule has 2 N–H and O–H groups in total. The number of likely N-dealkylation sites (tertiary alicyclic amines) is 1. The molecular weight excluding hydrogens is 559 g/mol. The minimum atomic E-state index is -4.61. The lowest BCUT2D eigenvalue weighted by Crippen LogP contribution is -2.36. The van der Waals surface area contributed by atoms with E-state index in [1.807, 2.05) is 44.2 Å². The number of rotatable bonds is 10. The van der Waals surface area contributed by atoms with E-state index in [1.165, 1.54) is 0 Å². The fourth-order valence-electron chi connectivity index (χ4n) is 6.14. The van der Waals surface area contributed by atoms with Gasteiger partial charge in [0.05, 0.1) is 36.1 Å². The average molecular weight is 598 g/mol. The maximum atomic E-state index is 14.0. The summed E-state index contributed by atoms with van der Waals surface area (Å²) in [6.07, 6.45) is -1.33. The zero-order chi connectivity index (χ0) is 30.8. The first-order valence-electron chi connectivity index (χ1n) is 14.5. The molecule has 5 rings (SSSR count).